The lowest BCUT2D eigenvalue weighted by Crippen LogP contribution is -2.12. The molecule has 1 aromatic carbocycles. The second-order valence-corrected chi connectivity index (χ2v) is 4.38. The zero-order chi connectivity index (χ0) is 12.3. The van der Waals surface area contributed by atoms with Crippen molar-refractivity contribution in [3.05, 3.63) is 36.2 Å². The van der Waals surface area contributed by atoms with Gasteiger partial charge in [0.2, 0.25) is 0 Å². The normalized spacial score (nSPS) is 11.7. The largest absolute Gasteiger partial charge is 0.409 e. The first-order valence-corrected chi connectivity index (χ1v) is 5.62. The van der Waals surface area contributed by atoms with E-state index in [1.165, 1.54) is 11.8 Å². The minimum Gasteiger partial charge on any atom is -0.409 e. The van der Waals surface area contributed by atoms with Crippen LogP contribution in [0.25, 0.3) is 0 Å². The van der Waals surface area contributed by atoms with Crippen LogP contribution in [0, 0.1) is 0 Å². The minimum absolute atomic E-state index is 0.0974. The first-order chi connectivity index (χ1) is 8.20. The molecule has 2 rings (SSSR count). The molecular weight excluding hydrogens is 238 g/mol. The van der Waals surface area contributed by atoms with E-state index in [2.05, 4.69) is 15.4 Å². The zero-order valence-electron chi connectivity index (χ0n) is 9.11. The smallest absolute Gasteiger partial charge is 0.195 e. The molecule has 0 spiro atoms. The number of benzene rings is 1. The molecule has 0 unspecified atom stereocenters. The van der Waals surface area contributed by atoms with Crippen molar-refractivity contribution in [3.8, 4) is 0 Å². The summed E-state index contributed by atoms with van der Waals surface area (Å²) in [6.45, 7) is 0. The summed E-state index contributed by atoms with van der Waals surface area (Å²) in [5.74, 6) is 0.0974. The van der Waals surface area contributed by atoms with Gasteiger partial charge in [-0.25, -0.2) is 0 Å². The Labute approximate surface area is 102 Å². The molecule has 1 aromatic heterocycles. The highest BCUT2D eigenvalue weighted by molar-refractivity contribution is 7.99. The van der Waals surface area contributed by atoms with Crippen molar-refractivity contribution in [1.82, 2.24) is 14.8 Å². The van der Waals surface area contributed by atoms with E-state index in [-0.39, 0.29) is 5.84 Å². The third-order valence-corrected chi connectivity index (χ3v) is 3.20. The second-order valence-electron chi connectivity index (χ2n) is 3.34. The van der Waals surface area contributed by atoms with Gasteiger partial charge in [0.25, 0.3) is 0 Å². The number of hydrogen-bond donors (Lipinski definition) is 2. The predicted octanol–water partition coefficient (Wildman–Crippen LogP) is 1.06. The van der Waals surface area contributed by atoms with Crippen molar-refractivity contribution in [2.45, 2.75) is 10.1 Å². The van der Waals surface area contributed by atoms with E-state index in [4.69, 9.17) is 10.9 Å². The van der Waals surface area contributed by atoms with Gasteiger partial charge < -0.3 is 15.5 Å². The molecule has 0 fully saturated rings. The van der Waals surface area contributed by atoms with Gasteiger partial charge in [-0.3, -0.25) is 0 Å². The molecule has 0 aliphatic carbocycles. The summed E-state index contributed by atoms with van der Waals surface area (Å²) < 4.78 is 1.84. The molecule has 7 heteroatoms. The van der Waals surface area contributed by atoms with Crippen LogP contribution >= 0.6 is 11.8 Å². The van der Waals surface area contributed by atoms with E-state index >= 15 is 0 Å². The predicted molar refractivity (Wildman–Crippen MR) is 64.1 cm³/mol. The quantitative estimate of drug-likeness (QED) is 0.367. The molecule has 88 valence electrons. The highest BCUT2D eigenvalue weighted by atomic mass is 32.2. The zero-order valence-corrected chi connectivity index (χ0v) is 9.92. The highest BCUT2D eigenvalue weighted by Crippen LogP contribution is 2.25. The third kappa shape index (κ3) is 2.56. The molecule has 0 atom stereocenters. The fourth-order valence-electron chi connectivity index (χ4n) is 1.22. The van der Waals surface area contributed by atoms with Gasteiger partial charge in [0.05, 0.1) is 0 Å². The average Bonchev–Trinajstić information content (AvgIpc) is 2.75. The number of nitrogens with two attached hydrogens (primary N) is 1. The first kappa shape index (κ1) is 11.5. The van der Waals surface area contributed by atoms with Crippen LogP contribution in [-0.2, 0) is 7.05 Å². The van der Waals surface area contributed by atoms with E-state index in [0.717, 1.165) is 10.1 Å². The van der Waals surface area contributed by atoms with Gasteiger partial charge in [0, 0.05) is 17.5 Å². The molecule has 0 aliphatic heterocycles. The van der Waals surface area contributed by atoms with Gasteiger partial charge in [-0.15, -0.1) is 10.2 Å². The standard InChI is InChI=1S/C10H11N5OS/c1-15-6-12-13-10(15)17-8-4-2-7(3-5-8)9(11)14-16/h2-6,16H,1H3,(H2,11,14). The Kier molecular flexibility index (Phi) is 3.29. The molecular formula is C10H11N5OS. The molecule has 0 bridgehead atoms. The summed E-state index contributed by atoms with van der Waals surface area (Å²) >= 11 is 1.50. The van der Waals surface area contributed by atoms with Crippen LogP contribution in [0.5, 0.6) is 0 Å². The number of oxime groups is 1. The van der Waals surface area contributed by atoms with Crippen LogP contribution in [0.15, 0.2) is 45.8 Å². The lowest BCUT2D eigenvalue weighted by Gasteiger charge is -2.02. The number of hydrogen-bond acceptors (Lipinski definition) is 5. The van der Waals surface area contributed by atoms with Crippen LogP contribution in [0.1, 0.15) is 5.56 Å². The molecule has 0 aliphatic rings. The van der Waals surface area contributed by atoms with Gasteiger partial charge >= 0.3 is 0 Å². The topological polar surface area (TPSA) is 89.3 Å². The minimum atomic E-state index is 0.0974. The monoisotopic (exact) mass is 249 g/mol. The Bertz CT molecular complexity index is 534. The maximum Gasteiger partial charge on any atom is 0.195 e. The van der Waals surface area contributed by atoms with E-state index in [9.17, 15) is 0 Å². The lowest BCUT2D eigenvalue weighted by molar-refractivity contribution is 0.318. The lowest BCUT2D eigenvalue weighted by atomic mass is 10.2. The molecule has 6 nitrogen and oxygen atoms in total. The van der Waals surface area contributed by atoms with E-state index in [0.29, 0.717) is 5.56 Å². The number of aryl methyl sites for hydroxylation is 1. The Morgan fingerprint density at radius 2 is 2.12 bits per heavy atom. The molecule has 0 saturated carbocycles. The number of nitrogens with zero attached hydrogens (tertiary/aromatic N) is 4. The Morgan fingerprint density at radius 3 is 2.65 bits per heavy atom. The number of rotatable bonds is 3. The van der Waals surface area contributed by atoms with E-state index < -0.39 is 0 Å². The highest BCUT2D eigenvalue weighted by Gasteiger charge is 2.04. The fraction of sp³-hybridized carbons (Fsp3) is 0.100. The van der Waals surface area contributed by atoms with Gasteiger partial charge in [-0.05, 0) is 23.9 Å². The average molecular weight is 249 g/mol. The van der Waals surface area contributed by atoms with Crippen molar-refractivity contribution in [2.75, 3.05) is 0 Å². The van der Waals surface area contributed by atoms with Crippen LogP contribution in [0.4, 0.5) is 0 Å². The van der Waals surface area contributed by atoms with Crippen LogP contribution in [0.2, 0.25) is 0 Å². The molecule has 1 heterocycles. The Hall–Kier alpha value is -2.02. The molecule has 0 amide bonds. The van der Waals surface area contributed by atoms with Crippen LogP contribution in [-0.4, -0.2) is 25.8 Å². The van der Waals surface area contributed by atoms with Gasteiger partial charge in [-0.2, -0.15) is 0 Å². The van der Waals surface area contributed by atoms with Crippen molar-refractivity contribution >= 4 is 17.6 Å². The Morgan fingerprint density at radius 1 is 1.41 bits per heavy atom. The third-order valence-electron chi connectivity index (χ3n) is 2.14. The van der Waals surface area contributed by atoms with E-state index in [1.54, 1.807) is 18.5 Å². The molecule has 2 aromatic rings. The second kappa shape index (κ2) is 4.88. The van der Waals surface area contributed by atoms with Crippen molar-refractivity contribution in [3.63, 3.8) is 0 Å². The summed E-state index contributed by atoms with van der Waals surface area (Å²) in [4.78, 5) is 1.01. The summed E-state index contributed by atoms with van der Waals surface area (Å²) in [6.07, 6.45) is 1.65. The molecule has 3 N–H and O–H groups in total. The van der Waals surface area contributed by atoms with Gasteiger partial charge in [0.1, 0.15) is 6.33 Å². The summed E-state index contributed by atoms with van der Waals surface area (Å²) in [5, 5.41) is 20.1. The van der Waals surface area contributed by atoms with Crippen molar-refractivity contribution in [1.29, 1.82) is 0 Å². The maximum absolute atomic E-state index is 8.54. The molecule has 0 saturated heterocycles. The van der Waals surface area contributed by atoms with Gasteiger partial charge in [0.15, 0.2) is 11.0 Å². The van der Waals surface area contributed by atoms with Gasteiger partial charge in [-0.1, -0.05) is 17.3 Å². The Balaban J connectivity index is 2.17. The van der Waals surface area contributed by atoms with Crippen molar-refractivity contribution in [2.24, 2.45) is 17.9 Å². The number of aromatic nitrogens is 3. The SMILES string of the molecule is Cn1cnnc1Sc1ccc(/C(N)=N/O)cc1. The summed E-state index contributed by atoms with van der Waals surface area (Å²) in [7, 11) is 1.88. The molecule has 0 radical (unpaired) electrons. The van der Waals surface area contributed by atoms with Crippen LogP contribution in [0.3, 0.4) is 0 Å². The summed E-state index contributed by atoms with van der Waals surface area (Å²) in [6, 6.07) is 7.33. The summed E-state index contributed by atoms with van der Waals surface area (Å²) in [5.41, 5.74) is 6.15. The number of amidine groups is 1. The maximum atomic E-state index is 8.54. The fourth-order valence-corrected chi connectivity index (χ4v) is 1.98. The van der Waals surface area contributed by atoms with E-state index in [1.807, 2.05) is 23.7 Å². The van der Waals surface area contributed by atoms with Crippen molar-refractivity contribution < 1.29 is 5.21 Å². The molecule has 17 heavy (non-hydrogen) atoms. The first-order valence-electron chi connectivity index (χ1n) is 4.80. The van der Waals surface area contributed by atoms with Crippen LogP contribution < -0.4 is 5.73 Å².